The SMILES string of the molecule is COc1cc2c(c(OC)c1OC)-c1ccc(NCCCC(=O)N3CCN(Cc4ccc5c(c4)OCO5)CC3)c(=O)cc1[C@@H](NC(C)=O)CC2. The van der Waals surface area contributed by atoms with E-state index in [1.54, 1.807) is 33.5 Å². The molecule has 1 atom stereocenters. The number of carbonyl (C=O) groups excluding carboxylic acids is 2. The van der Waals surface area contributed by atoms with E-state index in [-0.39, 0.29) is 30.1 Å². The zero-order valence-electron chi connectivity index (χ0n) is 28.6. The molecule has 1 fully saturated rings. The third-order valence-corrected chi connectivity index (χ3v) is 9.37. The summed E-state index contributed by atoms with van der Waals surface area (Å²) in [5.41, 5.74) is 4.60. The lowest BCUT2D eigenvalue weighted by atomic mass is 9.95. The number of benzene rings is 2. The van der Waals surface area contributed by atoms with Crippen molar-refractivity contribution in [3.8, 4) is 39.9 Å². The van der Waals surface area contributed by atoms with Gasteiger partial charge in [-0.2, -0.15) is 0 Å². The summed E-state index contributed by atoms with van der Waals surface area (Å²) in [6.45, 7) is 5.95. The molecular formula is C37H44N4O8. The van der Waals surface area contributed by atoms with E-state index in [9.17, 15) is 14.4 Å². The lowest BCUT2D eigenvalue weighted by Crippen LogP contribution is -2.48. The second-order valence-electron chi connectivity index (χ2n) is 12.5. The molecule has 0 saturated carbocycles. The Morgan fingerprint density at radius 3 is 2.43 bits per heavy atom. The number of amides is 2. The number of nitrogens with one attached hydrogen (secondary N) is 2. The maximum atomic E-state index is 13.6. The lowest BCUT2D eigenvalue weighted by Gasteiger charge is -2.34. The van der Waals surface area contributed by atoms with Gasteiger partial charge in [-0.25, -0.2) is 0 Å². The number of nitrogens with zero attached hydrogens (tertiary/aromatic N) is 2. The van der Waals surface area contributed by atoms with Gasteiger partial charge < -0.3 is 39.2 Å². The Kier molecular flexibility index (Phi) is 10.4. The fraction of sp³-hybridized carbons (Fsp3) is 0.432. The lowest BCUT2D eigenvalue weighted by molar-refractivity contribution is -0.133. The van der Waals surface area contributed by atoms with Crippen LogP contribution in [0.25, 0.3) is 11.1 Å². The highest BCUT2D eigenvalue weighted by atomic mass is 16.7. The summed E-state index contributed by atoms with van der Waals surface area (Å²) in [5.74, 6) is 2.99. The van der Waals surface area contributed by atoms with E-state index in [4.69, 9.17) is 23.7 Å². The molecule has 1 aliphatic carbocycles. The maximum Gasteiger partial charge on any atom is 0.231 e. The Balaban J connectivity index is 1.11. The molecular weight excluding hydrogens is 628 g/mol. The van der Waals surface area contributed by atoms with Gasteiger partial charge >= 0.3 is 0 Å². The molecule has 3 aliphatic rings. The van der Waals surface area contributed by atoms with Crippen LogP contribution in [0.2, 0.25) is 0 Å². The monoisotopic (exact) mass is 672 g/mol. The van der Waals surface area contributed by atoms with Crippen molar-refractivity contribution in [1.82, 2.24) is 15.1 Å². The minimum Gasteiger partial charge on any atom is -0.493 e. The summed E-state index contributed by atoms with van der Waals surface area (Å²) in [6, 6.07) is 12.8. The summed E-state index contributed by atoms with van der Waals surface area (Å²) < 4.78 is 28.0. The van der Waals surface area contributed by atoms with E-state index in [2.05, 4.69) is 21.6 Å². The molecule has 1 saturated heterocycles. The average molecular weight is 673 g/mol. The number of aryl methyl sites for hydroxylation is 1. The van der Waals surface area contributed by atoms with E-state index < -0.39 is 0 Å². The molecule has 0 bridgehead atoms. The Morgan fingerprint density at radius 2 is 1.69 bits per heavy atom. The Morgan fingerprint density at radius 1 is 0.918 bits per heavy atom. The summed E-state index contributed by atoms with van der Waals surface area (Å²) in [4.78, 5) is 43.1. The Hall–Kier alpha value is -4.97. The number of piperazine rings is 1. The van der Waals surface area contributed by atoms with Crippen LogP contribution in [0.4, 0.5) is 5.69 Å². The van der Waals surface area contributed by atoms with E-state index in [0.29, 0.717) is 73.8 Å². The van der Waals surface area contributed by atoms with Crippen LogP contribution in [0.3, 0.4) is 0 Å². The number of hydrogen-bond donors (Lipinski definition) is 2. The van der Waals surface area contributed by atoms with E-state index in [1.807, 2.05) is 29.2 Å². The maximum absolute atomic E-state index is 13.6. The van der Waals surface area contributed by atoms with E-state index in [1.165, 1.54) is 6.92 Å². The second-order valence-corrected chi connectivity index (χ2v) is 12.5. The van der Waals surface area contributed by atoms with Gasteiger partial charge in [0.2, 0.25) is 29.8 Å². The van der Waals surface area contributed by atoms with Crippen LogP contribution >= 0.6 is 0 Å². The highest BCUT2D eigenvalue weighted by Gasteiger charge is 2.29. The largest absolute Gasteiger partial charge is 0.493 e. The summed E-state index contributed by atoms with van der Waals surface area (Å²) in [6.07, 6.45) is 2.17. The van der Waals surface area contributed by atoms with Crippen molar-refractivity contribution >= 4 is 17.5 Å². The molecule has 12 heteroatoms. The molecule has 49 heavy (non-hydrogen) atoms. The number of hydrogen-bond acceptors (Lipinski definition) is 10. The molecule has 0 unspecified atom stereocenters. The minimum absolute atomic E-state index is 0.114. The first-order valence-electron chi connectivity index (χ1n) is 16.7. The molecule has 6 rings (SSSR count). The topological polar surface area (TPSA) is 128 Å². The van der Waals surface area contributed by atoms with Crippen molar-refractivity contribution in [2.45, 2.75) is 45.2 Å². The number of methoxy groups -OCH3 is 3. The third kappa shape index (κ3) is 7.39. The number of anilines is 1. The van der Waals surface area contributed by atoms with Crippen LogP contribution in [0.15, 0.2) is 47.3 Å². The molecule has 0 spiro atoms. The second kappa shape index (κ2) is 15.1. The number of carbonyl (C=O) groups is 2. The standard InChI is InChI=1S/C37H44N4O8/c1-23(42)39-28-10-8-25-19-33(45-2)36(46-3)37(47-4)35(25)26-9-11-29(30(43)20-27(26)28)38-13-5-6-34(44)41-16-14-40(15-17-41)21-24-7-12-31-32(18-24)49-22-48-31/h7,9,11-12,18-20,28H,5-6,8,10,13-17,21-22H2,1-4H3,(H,38,43)(H,39,42)/t28-/m0/s1. The van der Waals surface area contributed by atoms with Crippen LogP contribution in [-0.2, 0) is 22.6 Å². The van der Waals surface area contributed by atoms with Crippen molar-refractivity contribution in [3.05, 3.63) is 69.4 Å². The molecule has 12 nitrogen and oxygen atoms in total. The normalized spacial score (nSPS) is 16.6. The number of ether oxygens (including phenoxy) is 5. The fourth-order valence-electron chi connectivity index (χ4n) is 6.93. The van der Waals surface area contributed by atoms with Crippen LogP contribution < -0.4 is 39.7 Å². The molecule has 2 heterocycles. The quantitative estimate of drug-likeness (QED) is 0.287. The van der Waals surface area contributed by atoms with Crippen molar-refractivity contribution in [3.63, 3.8) is 0 Å². The van der Waals surface area contributed by atoms with Crippen LogP contribution in [-0.4, -0.2) is 82.5 Å². The van der Waals surface area contributed by atoms with Crippen molar-refractivity contribution in [2.75, 3.05) is 66.2 Å². The molecule has 2 aliphatic heterocycles. The van der Waals surface area contributed by atoms with Gasteiger partial charge in [0.1, 0.15) is 0 Å². The van der Waals surface area contributed by atoms with Gasteiger partial charge in [-0.1, -0.05) is 12.1 Å². The average Bonchev–Trinajstić information content (AvgIpc) is 3.45. The van der Waals surface area contributed by atoms with Crippen LogP contribution in [0.1, 0.15) is 48.9 Å². The summed E-state index contributed by atoms with van der Waals surface area (Å²) in [7, 11) is 4.71. The van der Waals surface area contributed by atoms with Gasteiger partial charge in [-0.3, -0.25) is 19.3 Å². The summed E-state index contributed by atoms with van der Waals surface area (Å²) in [5, 5.41) is 6.29. The minimum atomic E-state index is -0.385. The molecule has 2 N–H and O–H groups in total. The fourth-order valence-corrected chi connectivity index (χ4v) is 6.93. The molecule has 3 aromatic carbocycles. The highest BCUT2D eigenvalue weighted by Crippen LogP contribution is 2.50. The molecule has 3 aromatic rings. The predicted molar refractivity (Wildman–Crippen MR) is 185 cm³/mol. The van der Waals surface area contributed by atoms with E-state index in [0.717, 1.165) is 53.4 Å². The van der Waals surface area contributed by atoms with Crippen molar-refractivity contribution in [2.24, 2.45) is 0 Å². The first-order valence-corrected chi connectivity index (χ1v) is 16.7. The van der Waals surface area contributed by atoms with Gasteiger partial charge in [0, 0.05) is 58.2 Å². The van der Waals surface area contributed by atoms with E-state index >= 15 is 0 Å². The number of fused-ring (bicyclic) bond motifs is 4. The Bertz CT molecular complexity index is 1770. The van der Waals surface area contributed by atoms with Gasteiger partial charge in [-0.15, -0.1) is 0 Å². The van der Waals surface area contributed by atoms with Crippen LogP contribution in [0.5, 0.6) is 28.7 Å². The third-order valence-electron chi connectivity index (χ3n) is 9.37. The smallest absolute Gasteiger partial charge is 0.231 e. The van der Waals surface area contributed by atoms with Crippen molar-refractivity contribution in [1.29, 1.82) is 0 Å². The first-order chi connectivity index (χ1) is 23.8. The van der Waals surface area contributed by atoms with Crippen LogP contribution in [0, 0.1) is 0 Å². The van der Waals surface area contributed by atoms with Gasteiger partial charge in [0.15, 0.2) is 23.0 Å². The first kappa shape index (κ1) is 33.9. The predicted octanol–water partition coefficient (Wildman–Crippen LogP) is 4.13. The molecule has 260 valence electrons. The molecule has 0 aromatic heterocycles. The van der Waals surface area contributed by atoms with Gasteiger partial charge in [0.25, 0.3) is 0 Å². The summed E-state index contributed by atoms with van der Waals surface area (Å²) >= 11 is 0. The van der Waals surface area contributed by atoms with Gasteiger partial charge in [-0.05, 0) is 71.8 Å². The molecule has 0 radical (unpaired) electrons. The highest BCUT2D eigenvalue weighted by molar-refractivity contribution is 5.84. The number of rotatable bonds is 11. The Labute approximate surface area is 286 Å². The molecule has 2 amide bonds. The van der Waals surface area contributed by atoms with Crippen molar-refractivity contribution < 1.29 is 33.3 Å². The zero-order valence-corrected chi connectivity index (χ0v) is 28.6. The van der Waals surface area contributed by atoms with Gasteiger partial charge in [0.05, 0.1) is 33.1 Å². The zero-order chi connectivity index (χ0) is 34.5.